The monoisotopic (exact) mass is 370 g/mol. The number of rotatable bonds is 4. The molecule has 1 aromatic carbocycles. The van der Waals surface area contributed by atoms with Gasteiger partial charge in [-0.1, -0.05) is 19.1 Å². The molecule has 0 radical (unpaired) electrons. The first-order valence-electron chi connectivity index (χ1n) is 9.16. The number of amides is 2. The second kappa shape index (κ2) is 6.48. The van der Waals surface area contributed by atoms with Crippen LogP contribution in [0.5, 0.6) is 5.75 Å². The molecule has 2 aliphatic heterocycles. The Kier molecular flexibility index (Phi) is 4.25. The van der Waals surface area contributed by atoms with Crippen molar-refractivity contribution in [2.45, 2.75) is 44.7 Å². The minimum absolute atomic E-state index is 0.220. The summed E-state index contributed by atoms with van der Waals surface area (Å²) in [5.41, 5.74) is 8.94. The van der Waals surface area contributed by atoms with Crippen LogP contribution in [0, 0.1) is 12.8 Å². The molecular weight excluding hydrogens is 347 g/mol. The predicted molar refractivity (Wildman–Crippen MR) is 98.7 cm³/mol. The van der Waals surface area contributed by atoms with Gasteiger partial charge in [0.15, 0.2) is 0 Å². The van der Waals surface area contributed by atoms with Crippen molar-refractivity contribution in [1.29, 1.82) is 0 Å². The van der Waals surface area contributed by atoms with Crippen LogP contribution in [0.1, 0.15) is 37.3 Å². The van der Waals surface area contributed by atoms with Crippen LogP contribution in [0.15, 0.2) is 30.5 Å². The summed E-state index contributed by atoms with van der Waals surface area (Å²) in [7, 11) is 0. The Bertz CT molecular complexity index is 890. The van der Waals surface area contributed by atoms with Crippen LogP contribution in [-0.2, 0) is 5.54 Å². The number of primary amides is 1. The zero-order chi connectivity index (χ0) is 19.2. The van der Waals surface area contributed by atoms with Gasteiger partial charge in [-0.15, -0.1) is 0 Å². The SMILES string of the molecule is Cc1ccc(C23CC(C)CC(C2)N3C(N)=O)cc1-c1cc(OCF)cnn1. The number of piperidine rings is 1. The molecule has 2 amide bonds. The van der Waals surface area contributed by atoms with Crippen LogP contribution in [0.3, 0.4) is 0 Å². The molecule has 7 heteroatoms. The second-order valence-corrected chi connectivity index (χ2v) is 7.70. The summed E-state index contributed by atoms with van der Waals surface area (Å²) in [4.78, 5) is 13.9. The molecular formula is C20H23FN4O2. The first-order valence-corrected chi connectivity index (χ1v) is 9.16. The van der Waals surface area contributed by atoms with Gasteiger partial charge in [0, 0.05) is 17.7 Å². The highest BCUT2D eigenvalue weighted by atomic mass is 19.1. The lowest BCUT2D eigenvalue weighted by Crippen LogP contribution is -2.70. The van der Waals surface area contributed by atoms with E-state index in [0.29, 0.717) is 17.4 Å². The quantitative estimate of drug-likeness (QED) is 0.893. The topological polar surface area (TPSA) is 81.3 Å². The van der Waals surface area contributed by atoms with Gasteiger partial charge >= 0.3 is 6.03 Å². The highest BCUT2D eigenvalue weighted by Crippen LogP contribution is 2.56. The summed E-state index contributed by atoms with van der Waals surface area (Å²) < 4.78 is 17.4. The van der Waals surface area contributed by atoms with Crippen LogP contribution in [0.25, 0.3) is 11.3 Å². The molecule has 2 saturated heterocycles. The molecule has 1 aliphatic carbocycles. The molecule has 1 aromatic heterocycles. The van der Waals surface area contributed by atoms with E-state index in [-0.39, 0.29) is 17.6 Å². The number of hydrogen-bond donors (Lipinski definition) is 1. The smallest absolute Gasteiger partial charge is 0.315 e. The average Bonchev–Trinajstić information content (AvgIpc) is 2.61. The summed E-state index contributed by atoms with van der Waals surface area (Å²) in [6, 6.07) is 7.68. The highest BCUT2D eigenvalue weighted by Gasteiger charge is 2.58. The number of ether oxygens (including phenoxy) is 1. The molecule has 2 aromatic rings. The molecule has 3 heterocycles. The average molecular weight is 370 g/mol. The molecule has 2 N–H and O–H groups in total. The lowest BCUT2D eigenvalue weighted by atomic mass is 9.61. The van der Waals surface area contributed by atoms with Gasteiger partial charge in [0.25, 0.3) is 0 Å². The largest absolute Gasteiger partial charge is 0.461 e. The van der Waals surface area contributed by atoms with E-state index in [9.17, 15) is 9.18 Å². The van der Waals surface area contributed by atoms with E-state index in [4.69, 9.17) is 10.5 Å². The molecule has 3 unspecified atom stereocenters. The summed E-state index contributed by atoms with van der Waals surface area (Å²) in [6.45, 7) is 3.29. The number of carbonyl (C=O) groups excluding carboxylic acids is 1. The van der Waals surface area contributed by atoms with Gasteiger partial charge in [-0.25, -0.2) is 9.18 Å². The number of urea groups is 1. The van der Waals surface area contributed by atoms with Crippen molar-refractivity contribution < 1.29 is 13.9 Å². The number of nitrogens with zero attached hydrogens (tertiary/aromatic N) is 3. The Morgan fingerprint density at radius 2 is 2.22 bits per heavy atom. The van der Waals surface area contributed by atoms with Crippen molar-refractivity contribution in [2.24, 2.45) is 11.7 Å². The number of hydrogen-bond acceptors (Lipinski definition) is 4. The standard InChI is InChI=1S/C20H23FN4O2/c1-12-5-15-9-20(8-12,25(15)19(22)26)14-4-3-13(2)17(6-14)18-7-16(27-11-21)10-23-24-18/h3-4,6-7,10,12,15H,5,8-9,11H2,1-2H3,(H2,22,26). The first kappa shape index (κ1) is 17.7. The first-order chi connectivity index (χ1) is 12.9. The molecule has 142 valence electrons. The van der Waals surface area contributed by atoms with Crippen molar-refractivity contribution in [3.8, 4) is 17.0 Å². The van der Waals surface area contributed by atoms with Gasteiger partial charge in [0.05, 0.1) is 17.4 Å². The third-order valence-corrected chi connectivity index (χ3v) is 5.90. The Labute approximate surface area is 157 Å². The Morgan fingerprint density at radius 3 is 2.96 bits per heavy atom. The van der Waals surface area contributed by atoms with Crippen molar-refractivity contribution in [2.75, 3.05) is 6.86 Å². The lowest BCUT2D eigenvalue weighted by Gasteiger charge is -2.63. The number of alkyl halides is 1. The zero-order valence-electron chi connectivity index (χ0n) is 15.5. The normalized spacial score (nSPS) is 26.4. The van der Waals surface area contributed by atoms with Crippen molar-refractivity contribution in [3.05, 3.63) is 41.6 Å². The number of benzene rings is 1. The Hall–Kier alpha value is -2.70. The van der Waals surface area contributed by atoms with Gasteiger partial charge in [0.1, 0.15) is 5.75 Å². The number of nitrogens with two attached hydrogens (primary N) is 1. The molecule has 1 saturated carbocycles. The van der Waals surface area contributed by atoms with Crippen LogP contribution in [0.2, 0.25) is 0 Å². The van der Waals surface area contributed by atoms with Gasteiger partial charge in [0.2, 0.25) is 6.86 Å². The van der Waals surface area contributed by atoms with E-state index < -0.39 is 6.86 Å². The molecule has 2 bridgehead atoms. The summed E-state index contributed by atoms with van der Waals surface area (Å²) in [6.07, 6.45) is 4.21. The van der Waals surface area contributed by atoms with Gasteiger partial charge in [-0.2, -0.15) is 10.2 Å². The van der Waals surface area contributed by atoms with Gasteiger partial charge < -0.3 is 15.4 Å². The lowest BCUT2D eigenvalue weighted by molar-refractivity contribution is -0.0963. The zero-order valence-corrected chi connectivity index (χ0v) is 15.5. The summed E-state index contributed by atoms with van der Waals surface area (Å²) in [5, 5.41) is 8.11. The maximum Gasteiger partial charge on any atom is 0.315 e. The van der Waals surface area contributed by atoms with E-state index in [1.165, 1.54) is 6.20 Å². The number of fused-ring (bicyclic) bond motifs is 2. The second-order valence-electron chi connectivity index (χ2n) is 7.70. The molecule has 5 rings (SSSR count). The third kappa shape index (κ3) is 2.81. The fourth-order valence-electron chi connectivity index (χ4n) is 4.89. The van der Waals surface area contributed by atoms with Gasteiger partial charge in [-0.05, 0) is 49.3 Å². The maximum absolute atomic E-state index is 12.5. The summed E-state index contributed by atoms with van der Waals surface area (Å²) >= 11 is 0. The molecule has 3 aliphatic rings. The van der Waals surface area contributed by atoms with E-state index in [0.717, 1.165) is 36.0 Å². The molecule has 3 fully saturated rings. The van der Waals surface area contributed by atoms with E-state index in [2.05, 4.69) is 29.3 Å². The molecule has 0 spiro atoms. The van der Waals surface area contributed by atoms with Crippen LogP contribution < -0.4 is 10.5 Å². The van der Waals surface area contributed by atoms with E-state index in [1.807, 2.05) is 17.9 Å². The van der Waals surface area contributed by atoms with E-state index in [1.54, 1.807) is 6.07 Å². The molecule has 27 heavy (non-hydrogen) atoms. The number of carbonyl (C=O) groups is 1. The third-order valence-electron chi connectivity index (χ3n) is 5.90. The minimum atomic E-state index is -0.917. The summed E-state index contributed by atoms with van der Waals surface area (Å²) in [5.74, 6) is 0.865. The Balaban J connectivity index is 1.76. The number of aryl methyl sites for hydroxylation is 1. The van der Waals surface area contributed by atoms with Gasteiger partial charge in [-0.3, -0.25) is 0 Å². The Morgan fingerprint density at radius 1 is 1.41 bits per heavy atom. The fraction of sp³-hybridized carbons (Fsp3) is 0.450. The van der Waals surface area contributed by atoms with Crippen LogP contribution >= 0.6 is 0 Å². The number of aromatic nitrogens is 2. The fourth-order valence-corrected chi connectivity index (χ4v) is 4.89. The van der Waals surface area contributed by atoms with Crippen LogP contribution in [-0.4, -0.2) is 34.0 Å². The molecule has 6 nitrogen and oxygen atoms in total. The maximum atomic E-state index is 12.5. The predicted octanol–water partition coefficient (Wildman–Crippen LogP) is 3.54. The highest BCUT2D eigenvalue weighted by molar-refractivity contribution is 5.76. The van der Waals surface area contributed by atoms with Crippen molar-refractivity contribution in [3.63, 3.8) is 0 Å². The minimum Gasteiger partial charge on any atom is -0.461 e. The van der Waals surface area contributed by atoms with Crippen molar-refractivity contribution >= 4 is 6.03 Å². The number of halogens is 1. The van der Waals surface area contributed by atoms with Crippen LogP contribution in [0.4, 0.5) is 9.18 Å². The van der Waals surface area contributed by atoms with Crippen molar-refractivity contribution in [1.82, 2.24) is 15.1 Å². The molecule has 3 atom stereocenters. The van der Waals surface area contributed by atoms with E-state index >= 15 is 0 Å².